The predicted octanol–water partition coefficient (Wildman–Crippen LogP) is 4.09. The number of rotatable bonds is 7. The summed E-state index contributed by atoms with van der Waals surface area (Å²) in [6, 6.07) is 22.2. The zero-order valence-electron chi connectivity index (χ0n) is 15.3. The number of nitrogens with zero attached hydrogens (tertiary/aromatic N) is 2. The summed E-state index contributed by atoms with van der Waals surface area (Å²) < 4.78 is 7.48. The number of amides is 1. The van der Waals surface area contributed by atoms with Crippen molar-refractivity contribution < 1.29 is 9.53 Å². The fourth-order valence-corrected chi connectivity index (χ4v) is 2.99. The van der Waals surface area contributed by atoms with E-state index in [1.165, 1.54) is 5.56 Å². The Hall–Kier alpha value is -3.01. The lowest BCUT2D eigenvalue weighted by molar-refractivity contribution is -0.130. The minimum absolute atomic E-state index is 0.0722. The van der Waals surface area contributed by atoms with Crippen molar-refractivity contribution in [2.24, 2.45) is 0 Å². The summed E-state index contributed by atoms with van der Waals surface area (Å²) in [6.07, 6.45) is 2.05. The van der Waals surface area contributed by atoms with E-state index in [9.17, 15) is 4.79 Å². The minimum Gasteiger partial charge on any atom is -0.497 e. The highest BCUT2D eigenvalue weighted by molar-refractivity contribution is 5.73. The molecule has 4 heteroatoms. The number of hydrogen-bond donors (Lipinski definition) is 0. The van der Waals surface area contributed by atoms with Crippen molar-refractivity contribution in [2.75, 3.05) is 7.11 Å². The predicted molar refractivity (Wildman–Crippen MR) is 103 cm³/mol. The van der Waals surface area contributed by atoms with E-state index in [1.807, 2.05) is 59.5 Å². The Morgan fingerprint density at radius 2 is 1.73 bits per heavy atom. The van der Waals surface area contributed by atoms with E-state index in [0.29, 0.717) is 13.1 Å². The molecule has 0 aliphatic carbocycles. The van der Waals surface area contributed by atoms with Gasteiger partial charge in [-0.3, -0.25) is 4.79 Å². The van der Waals surface area contributed by atoms with Crippen LogP contribution < -0.4 is 4.74 Å². The summed E-state index contributed by atoms with van der Waals surface area (Å²) in [7, 11) is 1.68. The van der Waals surface area contributed by atoms with Crippen molar-refractivity contribution in [3.8, 4) is 5.75 Å². The molecule has 1 aromatic heterocycles. The highest BCUT2D eigenvalue weighted by Crippen LogP contribution is 2.16. The van der Waals surface area contributed by atoms with Gasteiger partial charge in [-0.05, 0) is 35.4 Å². The molecule has 0 bridgehead atoms. The van der Waals surface area contributed by atoms with Gasteiger partial charge >= 0.3 is 0 Å². The van der Waals surface area contributed by atoms with Gasteiger partial charge in [-0.2, -0.15) is 0 Å². The summed E-state index contributed by atoms with van der Waals surface area (Å²) >= 11 is 0. The Labute approximate surface area is 154 Å². The maximum Gasteiger partial charge on any atom is 0.220 e. The summed E-state index contributed by atoms with van der Waals surface area (Å²) in [6.45, 7) is 3.57. The van der Waals surface area contributed by atoms with E-state index in [0.717, 1.165) is 23.6 Å². The van der Waals surface area contributed by atoms with Crippen LogP contribution in [0.3, 0.4) is 0 Å². The first kappa shape index (κ1) is 17.8. The standard InChI is InChI=1S/C22H24N2O2/c1-18(25)24(15-19-8-4-3-5-9-19)17-21-11-7-13-23(21)16-20-10-6-12-22(14-20)26-2/h3-14H,15-17H2,1-2H3. The molecule has 0 N–H and O–H groups in total. The monoisotopic (exact) mass is 348 g/mol. The number of carbonyl (C=O) groups excluding carboxylic acids is 1. The van der Waals surface area contributed by atoms with E-state index in [1.54, 1.807) is 14.0 Å². The average molecular weight is 348 g/mol. The number of carbonyl (C=O) groups is 1. The maximum absolute atomic E-state index is 12.1. The molecule has 4 nitrogen and oxygen atoms in total. The molecule has 3 rings (SSSR count). The van der Waals surface area contributed by atoms with Gasteiger partial charge in [0, 0.05) is 31.9 Å². The second kappa shape index (κ2) is 8.39. The molecule has 0 aliphatic heterocycles. The molecule has 2 aromatic carbocycles. The average Bonchev–Trinajstić information content (AvgIpc) is 3.09. The van der Waals surface area contributed by atoms with Gasteiger partial charge in [0.1, 0.15) is 5.75 Å². The minimum atomic E-state index is 0.0722. The van der Waals surface area contributed by atoms with Crippen molar-refractivity contribution in [3.63, 3.8) is 0 Å². The fraction of sp³-hybridized carbons (Fsp3) is 0.227. The number of methoxy groups -OCH3 is 1. The van der Waals surface area contributed by atoms with Crippen LogP contribution in [0.5, 0.6) is 5.75 Å². The SMILES string of the molecule is COc1cccc(Cn2cccc2CN(Cc2ccccc2)C(C)=O)c1. The van der Waals surface area contributed by atoms with Gasteiger partial charge in [-0.15, -0.1) is 0 Å². The first-order valence-electron chi connectivity index (χ1n) is 8.72. The van der Waals surface area contributed by atoms with E-state index < -0.39 is 0 Å². The Morgan fingerprint density at radius 3 is 2.46 bits per heavy atom. The van der Waals surface area contributed by atoms with Gasteiger partial charge in [-0.1, -0.05) is 42.5 Å². The van der Waals surface area contributed by atoms with Crippen LogP contribution in [-0.2, 0) is 24.4 Å². The third-order valence-corrected chi connectivity index (χ3v) is 4.43. The van der Waals surface area contributed by atoms with Gasteiger partial charge < -0.3 is 14.2 Å². The normalized spacial score (nSPS) is 10.5. The highest BCUT2D eigenvalue weighted by Gasteiger charge is 2.13. The molecule has 3 aromatic rings. The molecule has 0 radical (unpaired) electrons. The summed E-state index contributed by atoms with van der Waals surface area (Å²) in [4.78, 5) is 14.0. The molecule has 0 saturated carbocycles. The molecule has 0 fully saturated rings. The Morgan fingerprint density at radius 1 is 0.962 bits per heavy atom. The van der Waals surface area contributed by atoms with Gasteiger partial charge in [0.25, 0.3) is 0 Å². The van der Waals surface area contributed by atoms with E-state index in [-0.39, 0.29) is 5.91 Å². The van der Waals surface area contributed by atoms with E-state index in [4.69, 9.17) is 4.74 Å². The quantitative estimate of drug-likeness (QED) is 0.644. The van der Waals surface area contributed by atoms with E-state index in [2.05, 4.69) is 22.9 Å². The lowest BCUT2D eigenvalue weighted by atomic mass is 10.2. The molecular weight excluding hydrogens is 324 g/mol. The Kier molecular flexibility index (Phi) is 5.74. The number of benzene rings is 2. The lowest BCUT2D eigenvalue weighted by Gasteiger charge is -2.22. The van der Waals surface area contributed by atoms with Gasteiger partial charge in [0.05, 0.1) is 13.7 Å². The molecule has 0 saturated heterocycles. The molecule has 26 heavy (non-hydrogen) atoms. The smallest absolute Gasteiger partial charge is 0.220 e. The second-order valence-electron chi connectivity index (χ2n) is 6.34. The molecular formula is C22H24N2O2. The Balaban J connectivity index is 1.74. The van der Waals surface area contributed by atoms with Gasteiger partial charge in [0.15, 0.2) is 0 Å². The van der Waals surface area contributed by atoms with Crippen LogP contribution in [0, 0.1) is 0 Å². The molecule has 1 heterocycles. The van der Waals surface area contributed by atoms with Gasteiger partial charge in [-0.25, -0.2) is 0 Å². The van der Waals surface area contributed by atoms with Crippen LogP contribution in [0.25, 0.3) is 0 Å². The van der Waals surface area contributed by atoms with Crippen LogP contribution in [-0.4, -0.2) is 22.5 Å². The highest BCUT2D eigenvalue weighted by atomic mass is 16.5. The first-order valence-corrected chi connectivity index (χ1v) is 8.72. The van der Waals surface area contributed by atoms with Crippen molar-refractivity contribution >= 4 is 5.91 Å². The molecule has 0 spiro atoms. The Bertz CT molecular complexity index is 855. The first-order chi connectivity index (χ1) is 12.7. The largest absolute Gasteiger partial charge is 0.497 e. The van der Waals surface area contributed by atoms with Crippen LogP contribution in [0.1, 0.15) is 23.7 Å². The van der Waals surface area contributed by atoms with Gasteiger partial charge in [0.2, 0.25) is 5.91 Å². The second-order valence-corrected chi connectivity index (χ2v) is 6.34. The van der Waals surface area contributed by atoms with Crippen molar-refractivity contribution in [1.29, 1.82) is 0 Å². The molecule has 0 unspecified atom stereocenters. The summed E-state index contributed by atoms with van der Waals surface area (Å²) in [5, 5.41) is 0. The van der Waals surface area contributed by atoms with Crippen LogP contribution in [0.2, 0.25) is 0 Å². The fourth-order valence-electron chi connectivity index (χ4n) is 2.99. The third-order valence-electron chi connectivity index (χ3n) is 4.43. The molecule has 1 amide bonds. The third kappa shape index (κ3) is 4.54. The number of aromatic nitrogens is 1. The summed E-state index contributed by atoms with van der Waals surface area (Å²) in [5.41, 5.74) is 3.41. The zero-order chi connectivity index (χ0) is 18.4. The summed E-state index contributed by atoms with van der Waals surface area (Å²) in [5.74, 6) is 0.925. The van der Waals surface area contributed by atoms with Crippen molar-refractivity contribution in [3.05, 3.63) is 89.7 Å². The van der Waals surface area contributed by atoms with E-state index >= 15 is 0 Å². The van der Waals surface area contributed by atoms with Crippen molar-refractivity contribution in [2.45, 2.75) is 26.6 Å². The van der Waals surface area contributed by atoms with Crippen LogP contribution in [0.15, 0.2) is 72.9 Å². The van der Waals surface area contributed by atoms with Crippen molar-refractivity contribution in [1.82, 2.24) is 9.47 Å². The molecule has 134 valence electrons. The lowest BCUT2D eigenvalue weighted by Crippen LogP contribution is -2.28. The maximum atomic E-state index is 12.1. The van der Waals surface area contributed by atoms with Crippen LogP contribution in [0.4, 0.5) is 0 Å². The zero-order valence-corrected chi connectivity index (χ0v) is 15.3. The number of hydrogen-bond acceptors (Lipinski definition) is 2. The molecule has 0 atom stereocenters. The number of ether oxygens (including phenoxy) is 1. The topological polar surface area (TPSA) is 34.5 Å². The molecule has 0 aliphatic rings. The van der Waals surface area contributed by atoms with Crippen LogP contribution >= 0.6 is 0 Å².